The first-order chi connectivity index (χ1) is 14.5. The van der Waals surface area contributed by atoms with Crippen LogP contribution in [0.15, 0.2) is 36.5 Å². The fraction of sp³-hybridized carbons (Fsp3) is 0.381. The van der Waals surface area contributed by atoms with Crippen molar-refractivity contribution in [2.45, 2.75) is 45.2 Å². The first kappa shape index (κ1) is 23.0. The lowest BCUT2D eigenvalue weighted by Crippen LogP contribution is -2.46. The number of benzene rings is 1. The summed E-state index contributed by atoms with van der Waals surface area (Å²) in [5, 5.41) is 9.22. The van der Waals surface area contributed by atoms with Crippen LogP contribution in [0.5, 0.6) is 0 Å². The van der Waals surface area contributed by atoms with Gasteiger partial charge in [0.15, 0.2) is 0 Å². The molecule has 6 nitrogen and oxygen atoms in total. The molecular formula is C21H22ClF3N4O2. The first-order valence-electron chi connectivity index (χ1n) is 9.69. The molecule has 1 fully saturated rings. The third kappa shape index (κ3) is 5.74. The summed E-state index contributed by atoms with van der Waals surface area (Å²) in [7, 11) is 0. The monoisotopic (exact) mass is 454 g/mol. The zero-order valence-corrected chi connectivity index (χ0v) is 17.6. The molecule has 1 saturated heterocycles. The van der Waals surface area contributed by atoms with E-state index in [1.807, 2.05) is 0 Å². The maximum absolute atomic E-state index is 12.8. The van der Waals surface area contributed by atoms with E-state index in [0.717, 1.165) is 17.8 Å². The summed E-state index contributed by atoms with van der Waals surface area (Å²) in [4.78, 5) is 27.6. The highest BCUT2D eigenvalue weighted by molar-refractivity contribution is 6.31. The molecule has 0 bridgehead atoms. The number of aromatic nitrogens is 1. The third-order valence-electron chi connectivity index (χ3n) is 4.90. The summed E-state index contributed by atoms with van der Waals surface area (Å²) in [6.45, 7) is 3.88. The Hall–Kier alpha value is -2.65. The van der Waals surface area contributed by atoms with Crippen LogP contribution in [-0.4, -0.2) is 16.8 Å². The third-order valence-corrected chi connectivity index (χ3v) is 5.25. The Morgan fingerprint density at radius 3 is 2.65 bits per heavy atom. The highest BCUT2D eigenvalue weighted by Gasteiger charge is 2.33. The van der Waals surface area contributed by atoms with Crippen molar-refractivity contribution in [1.82, 2.24) is 20.9 Å². The zero-order valence-electron chi connectivity index (χ0n) is 16.9. The summed E-state index contributed by atoms with van der Waals surface area (Å²) >= 11 is 6.34. The molecule has 0 radical (unpaired) electrons. The molecule has 3 rings (SSSR count). The second-order valence-electron chi connectivity index (χ2n) is 7.63. The van der Waals surface area contributed by atoms with E-state index in [0.29, 0.717) is 22.7 Å². The summed E-state index contributed by atoms with van der Waals surface area (Å²) in [6, 6.07) is 6.88. The molecule has 2 amide bonds. The molecule has 166 valence electrons. The molecule has 3 N–H and O–H groups in total. The largest absolute Gasteiger partial charge is 0.433 e. The van der Waals surface area contributed by atoms with Gasteiger partial charge in [-0.1, -0.05) is 37.6 Å². The van der Waals surface area contributed by atoms with E-state index in [-0.39, 0.29) is 24.2 Å². The van der Waals surface area contributed by atoms with Gasteiger partial charge in [-0.15, -0.1) is 0 Å². The molecule has 10 heteroatoms. The van der Waals surface area contributed by atoms with Gasteiger partial charge in [-0.3, -0.25) is 19.9 Å². The highest BCUT2D eigenvalue weighted by atomic mass is 35.5. The van der Waals surface area contributed by atoms with Crippen LogP contribution >= 0.6 is 11.6 Å². The molecule has 0 spiro atoms. The Morgan fingerprint density at radius 2 is 2.03 bits per heavy atom. The molecule has 2 atom stereocenters. The van der Waals surface area contributed by atoms with Crippen molar-refractivity contribution in [2.75, 3.05) is 0 Å². The van der Waals surface area contributed by atoms with Crippen LogP contribution in [-0.2, 0) is 22.3 Å². The lowest BCUT2D eigenvalue weighted by molar-refractivity contribution is -0.141. The fourth-order valence-corrected chi connectivity index (χ4v) is 3.41. The zero-order chi connectivity index (χ0) is 22.8. The molecule has 2 unspecified atom stereocenters. The van der Waals surface area contributed by atoms with Gasteiger partial charge < -0.3 is 10.6 Å². The van der Waals surface area contributed by atoms with Gasteiger partial charge in [0.05, 0.1) is 0 Å². The number of carbonyl (C=O) groups excluding carboxylic acids is 2. The minimum atomic E-state index is -4.53. The number of carbonyl (C=O) groups is 2. The molecule has 1 aromatic carbocycles. The second-order valence-corrected chi connectivity index (χ2v) is 8.03. The summed E-state index contributed by atoms with van der Waals surface area (Å²) in [5.74, 6) is -0.511. The van der Waals surface area contributed by atoms with Crippen LogP contribution in [0.25, 0.3) is 0 Å². The van der Waals surface area contributed by atoms with Crippen LogP contribution in [0.4, 0.5) is 13.2 Å². The summed E-state index contributed by atoms with van der Waals surface area (Å²) < 4.78 is 38.3. The number of hydrogen-bond donors (Lipinski definition) is 3. The predicted molar refractivity (Wildman–Crippen MR) is 109 cm³/mol. The molecule has 0 aliphatic carbocycles. The van der Waals surface area contributed by atoms with Gasteiger partial charge in [-0.2, -0.15) is 13.2 Å². The smallest absolute Gasteiger partial charge is 0.352 e. The quantitative estimate of drug-likeness (QED) is 0.640. The normalized spacial score (nSPS) is 19.3. The fourth-order valence-electron chi connectivity index (χ4n) is 3.19. The van der Waals surface area contributed by atoms with E-state index in [2.05, 4.69) is 20.9 Å². The molecule has 1 aliphatic rings. The molecular weight excluding hydrogens is 433 g/mol. The predicted octanol–water partition coefficient (Wildman–Crippen LogP) is 3.88. The Balaban J connectivity index is 1.79. The average molecular weight is 455 g/mol. The molecule has 2 heterocycles. The van der Waals surface area contributed by atoms with E-state index in [9.17, 15) is 22.8 Å². The number of nitrogens with one attached hydrogen (secondary N) is 3. The molecule has 0 saturated carbocycles. The van der Waals surface area contributed by atoms with Crippen molar-refractivity contribution in [3.05, 3.63) is 63.9 Å². The van der Waals surface area contributed by atoms with Gasteiger partial charge in [0.1, 0.15) is 11.9 Å². The van der Waals surface area contributed by atoms with E-state index >= 15 is 0 Å². The Morgan fingerprint density at radius 1 is 1.29 bits per heavy atom. The number of hydrogen-bond acceptors (Lipinski definition) is 4. The van der Waals surface area contributed by atoms with E-state index < -0.39 is 24.1 Å². The Labute approximate surface area is 182 Å². The Kier molecular flexibility index (Phi) is 6.86. The number of amides is 2. The van der Waals surface area contributed by atoms with Crippen LogP contribution in [0, 0.1) is 5.92 Å². The van der Waals surface area contributed by atoms with E-state index in [4.69, 9.17) is 11.6 Å². The minimum Gasteiger partial charge on any atom is -0.352 e. The van der Waals surface area contributed by atoms with Crippen LogP contribution in [0.2, 0.25) is 5.02 Å². The van der Waals surface area contributed by atoms with Crippen LogP contribution in [0.1, 0.15) is 54.9 Å². The van der Waals surface area contributed by atoms with E-state index in [1.165, 1.54) is 6.07 Å². The van der Waals surface area contributed by atoms with Crippen molar-refractivity contribution >= 4 is 23.4 Å². The van der Waals surface area contributed by atoms with Crippen molar-refractivity contribution in [2.24, 2.45) is 5.92 Å². The van der Waals surface area contributed by atoms with Crippen LogP contribution < -0.4 is 16.0 Å². The molecule has 1 aromatic heterocycles. The Bertz CT molecular complexity index is 964. The first-order valence-corrected chi connectivity index (χ1v) is 10.1. The number of rotatable bonds is 5. The molecule has 2 aromatic rings. The van der Waals surface area contributed by atoms with Gasteiger partial charge in [0, 0.05) is 41.7 Å². The van der Waals surface area contributed by atoms with Crippen molar-refractivity contribution in [3.8, 4) is 0 Å². The SMILES string of the molecule is CC(C)C(=O)NCc1ccc(Cl)c(C2NC(=O)CC(c3ccc(C(F)(F)F)nc3)N2)c1. The van der Waals surface area contributed by atoms with Gasteiger partial charge in [0.25, 0.3) is 0 Å². The molecule has 1 aliphatic heterocycles. The number of alkyl halides is 3. The minimum absolute atomic E-state index is 0.0469. The number of pyridine rings is 1. The maximum atomic E-state index is 12.8. The van der Waals surface area contributed by atoms with Crippen LogP contribution in [0.3, 0.4) is 0 Å². The standard InChI is InChI=1S/C21H22ClF3N4O2/c1-11(2)20(31)27-9-12-3-5-15(22)14(7-12)19-28-16(8-18(30)29-19)13-4-6-17(26-10-13)21(23,24)25/h3-7,10-11,16,19,28H,8-9H2,1-2H3,(H,27,31)(H,29,30). The topological polar surface area (TPSA) is 83.1 Å². The maximum Gasteiger partial charge on any atom is 0.433 e. The average Bonchev–Trinajstić information content (AvgIpc) is 2.71. The molecule has 31 heavy (non-hydrogen) atoms. The second kappa shape index (κ2) is 9.23. The van der Waals surface area contributed by atoms with Gasteiger partial charge in [-0.25, -0.2) is 0 Å². The van der Waals surface area contributed by atoms with Gasteiger partial charge in [-0.05, 0) is 29.3 Å². The summed E-state index contributed by atoms with van der Waals surface area (Å²) in [6.07, 6.45) is -4.01. The van der Waals surface area contributed by atoms with E-state index in [1.54, 1.807) is 32.0 Å². The lowest BCUT2D eigenvalue weighted by Gasteiger charge is -2.32. The van der Waals surface area contributed by atoms with Gasteiger partial charge >= 0.3 is 6.18 Å². The highest BCUT2D eigenvalue weighted by Crippen LogP contribution is 2.31. The summed E-state index contributed by atoms with van der Waals surface area (Å²) in [5.41, 5.74) is 0.857. The van der Waals surface area contributed by atoms with Crippen molar-refractivity contribution in [1.29, 1.82) is 0 Å². The number of halogens is 4. The van der Waals surface area contributed by atoms with Gasteiger partial charge in [0.2, 0.25) is 11.8 Å². The lowest BCUT2D eigenvalue weighted by atomic mass is 9.99. The van der Waals surface area contributed by atoms with Crippen molar-refractivity contribution < 1.29 is 22.8 Å². The number of nitrogens with zero attached hydrogens (tertiary/aromatic N) is 1. The van der Waals surface area contributed by atoms with Crippen molar-refractivity contribution in [3.63, 3.8) is 0 Å².